The van der Waals surface area contributed by atoms with E-state index >= 15 is 0 Å². The van der Waals surface area contributed by atoms with Gasteiger partial charge in [0.25, 0.3) is 0 Å². The molecule has 0 aliphatic carbocycles. The predicted molar refractivity (Wildman–Crippen MR) is 76.7 cm³/mol. The van der Waals surface area contributed by atoms with Crippen molar-refractivity contribution in [2.24, 2.45) is 0 Å². The number of para-hydroxylation sites is 1. The standard InChI is InChI=1S/C17H18O2/c1-12-8-9-15(13(2)10-12)11-19-17-7-5-4-6-16(17)14(3)18/h4-10H,11H2,1-3H3. The molecule has 0 spiro atoms. The number of rotatable bonds is 4. The molecule has 0 unspecified atom stereocenters. The molecule has 0 saturated carbocycles. The number of hydrogen-bond donors (Lipinski definition) is 0. The van der Waals surface area contributed by atoms with Gasteiger partial charge in [0.2, 0.25) is 0 Å². The summed E-state index contributed by atoms with van der Waals surface area (Å²) in [6.45, 7) is 6.18. The van der Waals surface area contributed by atoms with Crippen molar-refractivity contribution < 1.29 is 9.53 Å². The average molecular weight is 254 g/mol. The van der Waals surface area contributed by atoms with Crippen LogP contribution >= 0.6 is 0 Å². The van der Waals surface area contributed by atoms with Gasteiger partial charge < -0.3 is 4.74 Å². The van der Waals surface area contributed by atoms with Crippen LogP contribution in [0.4, 0.5) is 0 Å². The highest BCUT2D eigenvalue weighted by molar-refractivity contribution is 5.96. The van der Waals surface area contributed by atoms with Crippen LogP contribution in [0, 0.1) is 13.8 Å². The zero-order valence-electron chi connectivity index (χ0n) is 11.6. The van der Waals surface area contributed by atoms with E-state index in [1.54, 1.807) is 13.0 Å². The molecule has 0 atom stereocenters. The Morgan fingerprint density at radius 1 is 1.11 bits per heavy atom. The fourth-order valence-electron chi connectivity index (χ4n) is 2.05. The van der Waals surface area contributed by atoms with Crippen molar-refractivity contribution in [2.45, 2.75) is 27.4 Å². The average Bonchev–Trinajstić information content (AvgIpc) is 2.38. The maximum atomic E-state index is 11.5. The zero-order chi connectivity index (χ0) is 13.8. The van der Waals surface area contributed by atoms with Crippen LogP contribution in [0.1, 0.15) is 34.0 Å². The third kappa shape index (κ3) is 3.22. The molecule has 2 aromatic rings. The molecule has 0 amide bonds. The van der Waals surface area contributed by atoms with Crippen LogP contribution in [0.3, 0.4) is 0 Å². The zero-order valence-corrected chi connectivity index (χ0v) is 11.6. The number of benzene rings is 2. The number of carbonyl (C=O) groups is 1. The van der Waals surface area contributed by atoms with Gasteiger partial charge in [0, 0.05) is 0 Å². The van der Waals surface area contributed by atoms with Gasteiger partial charge in [-0.25, -0.2) is 0 Å². The minimum absolute atomic E-state index is 0.0243. The minimum atomic E-state index is 0.0243. The van der Waals surface area contributed by atoms with Crippen molar-refractivity contribution in [3.63, 3.8) is 0 Å². The fourth-order valence-corrected chi connectivity index (χ4v) is 2.05. The third-order valence-corrected chi connectivity index (χ3v) is 3.15. The Bertz CT molecular complexity index is 600. The molecule has 0 bridgehead atoms. The normalized spacial score (nSPS) is 10.3. The van der Waals surface area contributed by atoms with E-state index < -0.39 is 0 Å². The van der Waals surface area contributed by atoms with Crippen LogP contribution < -0.4 is 4.74 Å². The predicted octanol–water partition coefficient (Wildman–Crippen LogP) is 4.09. The first kappa shape index (κ1) is 13.3. The van der Waals surface area contributed by atoms with Crippen LogP contribution in [0.5, 0.6) is 5.75 Å². The van der Waals surface area contributed by atoms with Crippen molar-refractivity contribution in [3.8, 4) is 5.75 Å². The summed E-state index contributed by atoms with van der Waals surface area (Å²) >= 11 is 0. The van der Waals surface area contributed by atoms with E-state index in [2.05, 4.69) is 32.0 Å². The van der Waals surface area contributed by atoms with Gasteiger partial charge in [-0.05, 0) is 44.0 Å². The molecule has 0 aliphatic rings. The summed E-state index contributed by atoms with van der Waals surface area (Å²) in [4.78, 5) is 11.5. The highest BCUT2D eigenvalue weighted by Gasteiger charge is 2.08. The summed E-state index contributed by atoms with van der Waals surface area (Å²) in [7, 11) is 0. The number of aryl methyl sites for hydroxylation is 2. The maximum Gasteiger partial charge on any atom is 0.163 e. The molecule has 2 nitrogen and oxygen atoms in total. The summed E-state index contributed by atoms with van der Waals surface area (Å²) in [6.07, 6.45) is 0. The molecule has 0 heterocycles. The van der Waals surface area contributed by atoms with Gasteiger partial charge >= 0.3 is 0 Å². The summed E-state index contributed by atoms with van der Waals surface area (Å²) < 4.78 is 5.78. The lowest BCUT2D eigenvalue weighted by Crippen LogP contribution is -2.02. The highest BCUT2D eigenvalue weighted by Crippen LogP contribution is 2.20. The summed E-state index contributed by atoms with van der Waals surface area (Å²) in [5.41, 5.74) is 4.22. The molecule has 0 fully saturated rings. The number of Topliss-reactive ketones (excluding diaryl/α,β-unsaturated/α-hetero) is 1. The van der Waals surface area contributed by atoms with Crippen LogP contribution in [-0.4, -0.2) is 5.78 Å². The van der Waals surface area contributed by atoms with Gasteiger partial charge in [0.05, 0.1) is 5.56 Å². The van der Waals surface area contributed by atoms with Crippen molar-refractivity contribution in [3.05, 3.63) is 64.7 Å². The van der Waals surface area contributed by atoms with Gasteiger partial charge in [-0.3, -0.25) is 4.79 Å². The fraction of sp³-hybridized carbons (Fsp3) is 0.235. The highest BCUT2D eigenvalue weighted by atomic mass is 16.5. The molecule has 0 radical (unpaired) electrons. The first-order valence-electron chi connectivity index (χ1n) is 6.37. The van der Waals surface area contributed by atoms with Gasteiger partial charge in [-0.1, -0.05) is 35.9 Å². The maximum absolute atomic E-state index is 11.5. The van der Waals surface area contributed by atoms with Crippen molar-refractivity contribution in [1.82, 2.24) is 0 Å². The molecule has 0 N–H and O–H groups in total. The Labute approximate surface area is 114 Å². The summed E-state index contributed by atoms with van der Waals surface area (Å²) in [6, 6.07) is 13.6. The molecule has 0 saturated heterocycles. The van der Waals surface area contributed by atoms with Crippen LogP contribution in [0.25, 0.3) is 0 Å². The number of ketones is 1. The van der Waals surface area contributed by atoms with Crippen LogP contribution in [0.2, 0.25) is 0 Å². The Kier molecular flexibility index (Phi) is 4.00. The molecule has 0 aliphatic heterocycles. The lowest BCUT2D eigenvalue weighted by Gasteiger charge is -2.11. The number of carbonyl (C=O) groups excluding carboxylic acids is 1. The molecule has 2 aromatic carbocycles. The van der Waals surface area contributed by atoms with Crippen molar-refractivity contribution in [1.29, 1.82) is 0 Å². The van der Waals surface area contributed by atoms with Gasteiger partial charge in [-0.15, -0.1) is 0 Å². The van der Waals surface area contributed by atoms with Gasteiger partial charge in [0.1, 0.15) is 12.4 Å². The first-order chi connectivity index (χ1) is 9.08. The van der Waals surface area contributed by atoms with E-state index in [1.165, 1.54) is 11.1 Å². The minimum Gasteiger partial charge on any atom is -0.488 e. The van der Waals surface area contributed by atoms with E-state index in [0.29, 0.717) is 17.9 Å². The van der Waals surface area contributed by atoms with Crippen molar-refractivity contribution in [2.75, 3.05) is 0 Å². The Morgan fingerprint density at radius 2 is 1.84 bits per heavy atom. The van der Waals surface area contributed by atoms with Gasteiger partial charge in [-0.2, -0.15) is 0 Å². The van der Waals surface area contributed by atoms with E-state index in [4.69, 9.17) is 4.74 Å². The molecule has 98 valence electrons. The monoisotopic (exact) mass is 254 g/mol. The van der Waals surface area contributed by atoms with E-state index in [1.807, 2.05) is 18.2 Å². The molecular weight excluding hydrogens is 236 g/mol. The van der Waals surface area contributed by atoms with Crippen LogP contribution in [0.15, 0.2) is 42.5 Å². The smallest absolute Gasteiger partial charge is 0.163 e. The second-order valence-electron chi connectivity index (χ2n) is 4.77. The van der Waals surface area contributed by atoms with Gasteiger partial charge in [0.15, 0.2) is 5.78 Å². The van der Waals surface area contributed by atoms with E-state index in [-0.39, 0.29) is 5.78 Å². The summed E-state index contributed by atoms with van der Waals surface area (Å²) in [5.74, 6) is 0.672. The topological polar surface area (TPSA) is 26.3 Å². The Hall–Kier alpha value is -2.09. The Balaban J connectivity index is 2.17. The Morgan fingerprint density at radius 3 is 2.53 bits per heavy atom. The lowest BCUT2D eigenvalue weighted by molar-refractivity contribution is 0.101. The number of hydrogen-bond acceptors (Lipinski definition) is 2. The second kappa shape index (κ2) is 5.70. The molecule has 2 heteroatoms. The molecule has 19 heavy (non-hydrogen) atoms. The first-order valence-corrected chi connectivity index (χ1v) is 6.37. The van der Waals surface area contributed by atoms with Crippen molar-refractivity contribution >= 4 is 5.78 Å². The molecule has 0 aromatic heterocycles. The summed E-state index contributed by atoms with van der Waals surface area (Å²) in [5, 5.41) is 0. The quantitative estimate of drug-likeness (QED) is 0.768. The molecular formula is C17H18O2. The molecule has 2 rings (SSSR count). The number of ether oxygens (including phenoxy) is 1. The lowest BCUT2D eigenvalue weighted by atomic mass is 10.1. The SMILES string of the molecule is CC(=O)c1ccccc1OCc1ccc(C)cc1C. The second-order valence-corrected chi connectivity index (χ2v) is 4.77. The van der Waals surface area contributed by atoms with E-state index in [0.717, 1.165) is 5.56 Å². The van der Waals surface area contributed by atoms with E-state index in [9.17, 15) is 4.79 Å². The third-order valence-electron chi connectivity index (χ3n) is 3.15. The largest absolute Gasteiger partial charge is 0.488 e. The van der Waals surface area contributed by atoms with Crippen LogP contribution in [-0.2, 0) is 6.61 Å².